The molecule has 7 nitrogen and oxygen atoms in total. The number of hydrogen-bond donors (Lipinski definition) is 1. The molecule has 3 fully saturated rings. The summed E-state index contributed by atoms with van der Waals surface area (Å²) in [7, 11) is 1.80. The second-order valence-electron chi connectivity index (χ2n) is 10.1. The van der Waals surface area contributed by atoms with Crippen LogP contribution >= 0.6 is 0 Å². The average Bonchev–Trinajstić information content (AvgIpc) is 3.14. The number of fused-ring (bicyclic) bond motifs is 1. The summed E-state index contributed by atoms with van der Waals surface area (Å²) < 4.78 is 49.8. The van der Waals surface area contributed by atoms with Crippen molar-refractivity contribution in [2.75, 3.05) is 25.9 Å². The van der Waals surface area contributed by atoms with Crippen LogP contribution in [0.25, 0.3) is 11.3 Å². The molecule has 186 valence electrons. The number of alkyl halides is 3. The zero-order chi connectivity index (χ0) is 24.2. The molecule has 5 rings (SSSR count). The number of anilines is 1. The number of halogens is 3. The number of rotatable bonds is 6. The quantitative estimate of drug-likeness (QED) is 0.652. The Hall–Kier alpha value is -2.33. The molecule has 10 heteroatoms. The van der Waals surface area contributed by atoms with Crippen molar-refractivity contribution >= 4 is 5.82 Å². The van der Waals surface area contributed by atoms with Crippen molar-refractivity contribution in [3.05, 3.63) is 24.0 Å². The molecule has 0 aromatic carbocycles. The number of pyridine rings is 1. The Morgan fingerprint density at radius 1 is 1.12 bits per heavy atom. The first-order valence-electron chi connectivity index (χ1n) is 12.0. The number of hydrogen-bond acceptors (Lipinski definition) is 6. The fraction of sp³-hybridized carbons (Fsp3) is 0.667. The van der Waals surface area contributed by atoms with Crippen LogP contribution in [0.1, 0.15) is 57.2 Å². The van der Waals surface area contributed by atoms with E-state index < -0.39 is 12.1 Å². The predicted molar refractivity (Wildman–Crippen MR) is 121 cm³/mol. The summed E-state index contributed by atoms with van der Waals surface area (Å²) in [5, 5.41) is 4.74. The number of aromatic nitrogens is 3. The molecule has 4 atom stereocenters. The standard InChI is InChI=1S/C24H32F3N5O2/c1-13(2)32-20(11-19(30-32)14-8-21(23(28)29-12-14)34-24(25,26)27)22-17-9-15(10-18(17)22)31-6-4-16(33-3)5-7-31/h8,11-13,15-18,22H,4-7,9-10H2,1-3H3,(H2,28,29)/t15-,17+,18-,22-. The van der Waals surface area contributed by atoms with Crippen molar-refractivity contribution in [1.82, 2.24) is 19.7 Å². The first-order chi connectivity index (χ1) is 16.1. The number of nitrogens with zero attached hydrogens (tertiary/aromatic N) is 4. The van der Waals surface area contributed by atoms with E-state index in [1.165, 1.54) is 25.1 Å². The van der Waals surface area contributed by atoms with Crippen LogP contribution in [0.3, 0.4) is 0 Å². The molecule has 0 amide bonds. The highest BCUT2D eigenvalue weighted by molar-refractivity contribution is 5.64. The molecule has 0 radical (unpaired) electrons. The third-order valence-electron chi connectivity index (χ3n) is 7.74. The molecule has 2 aromatic heterocycles. The lowest BCUT2D eigenvalue weighted by atomic mass is 9.99. The van der Waals surface area contributed by atoms with Crippen LogP contribution in [-0.4, -0.2) is 58.4 Å². The lowest BCUT2D eigenvalue weighted by Gasteiger charge is -2.36. The summed E-state index contributed by atoms with van der Waals surface area (Å²) >= 11 is 0. The molecule has 0 bridgehead atoms. The van der Waals surface area contributed by atoms with E-state index in [1.54, 1.807) is 7.11 Å². The molecule has 1 saturated heterocycles. The van der Waals surface area contributed by atoms with E-state index in [1.807, 2.05) is 10.7 Å². The summed E-state index contributed by atoms with van der Waals surface area (Å²) in [6.07, 6.45) is 1.59. The molecular weight excluding hydrogens is 447 g/mol. The average molecular weight is 480 g/mol. The summed E-state index contributed by atoms with van der Waals surface area (Å²) in [6, 6.07) is 4.05. The van der Waals surface area contributed by atoms with Gasteiger partial charge < -0.3 is 20.1 Å². The van der Waals surface area contributed by atoms with Gasteiger partial charge in [0.25, 0.3) is 0 Å². The molecule has 34 heavy (non-hydrogen) atoms. The van der Waals surface area contributed by atoms with Crippen LogP contribution in [0, 0.1) is 11.8 Å². The topological polar surface area (TPSA) is 78.4 Å². The lowest BCUT2D eigenvalue weighted by Crippen LogP contribution is -2.42. The van der Waals surface area contributed by atoms with E-state index in [-0.39, 0.29) is 11.9 Å². The van der Waals surface area contributed by atoms with Crippen molar-refractivity contribution in [2.45, 2.75) is 70.0 Å². The van der Waals surface area contributed by atoms with Gasteiger partial charge in [0.05, 0.1) is 11.8 Å². The molecule has 3 heterocycles. The van der Waals surface area contributed by atoms with Gasteiger partial charge in [-0.1, -0.05) is 0 Å². The largest absolute Gasteiger partial charge is 0.573 e. The summed E-state index contributed by atoms with van der Waals surface area (Å²) in [4.78, 5) is 6.53. The maximum atomic E-state index is 12.7. The number of nitrogens with two attached hydrogens (primary N) is 1. The number of piperidine rings is 1. The smallest absolute Gasteiger partial charge is 0.402 e. The van der Waals surface area contributed by atoms with Crippen LogP contribution in [0.4, 0.5) is 19.0 Å². The predicted octanol–water partition coefficient (Wildman–Crippen LogP) is 4.61. The Morgan fingerprint density at radius 3 is 2.38 bits per heavy atom. The van der Waals surface area contributed by atoms with Gasteiger partial charge in [0.1, 0.15) is 0 Å². The van der Waals surface area contributed by atoms with Gasteiger partial charge in [0.2, 0.25) is 0 Å². The molecule has 2 N–H and O–H groups in total. The molecule has 2 saturated carbocycles. The zero-order valence-electron chi connectivity index (χ0n) is 19.8. The summed E-state index contributed by atoms with van der Waals surface area (Å²) in [6.45, 7) is 6.35. The van der Waals surface area contributed by atoms with Crippen molar-refractivity contribution in [2.24, 2.45) is 11.8 Å². The van der Waals surface area contributed by atoms with E-state index in [4.69, 9.17) is 15.6 Å². The lowest BCUT2D eigenvalue weighted by molar-refractivity contribution is -0.274. The first kappa shape index (κ1) is 23.4. The molecular formula is C24H32F3N5O2. The van der Waals surface area contributed by atoms with Crippen LogP contribution in [0.15, 0.2) is 18.3 Å². The zero-order valence-corrected chi connectivity index (χ0v) is 19.8. The first-order valence-corrected chi connectivity index (χ1v) is 12.0. The fourth-order valence-electron chi connectivity index (χ4n) is 6.04. The van der Waals surface area contributed by atoms with Crippen LogP contribution in [0.5, 0.6) is 5.75 Å². The minimum absolute atomic E-state index is 0.140. The molecule has 0 unspecified atom stereocenters. The number of likely N-dealkylation sites (tertiary alicyclic amines) is 1. The maximum absolute atomic E-state index is 12.7. The van der Waals surface area contributed by atoms with Gasteiger partial charge in [0, 0.05) is 55.7 Å². The summed E-state index contributed by atoms with van der Waals surface area (Å²) in [5.74, 6) is 0.918. The van der Waals surface area contributed by atoms with Gasteiger partial charge >= 0.3 is 6.36 Å². The second-order valence-corrected chi connectivity index (χ2v) is 10.1. The molecule has 2 aromatic rings. The van der Waals surface area contributed by atoms with Crippen molar-refractivity contribution in [1.29, 1.82) is 0 Å². The highest BCUT2D eigenvalue weighted by atomic mass is 19.4. The van der Waals surface area contributed by atoms with Crippen molar-refractivity contribution < 1.29 is 22.6 Å². The van der Waals surface area contributed by atoms with Crippen molar-refractivity contribution in [3.8, 4) is 17.0 Å². The monoisotopic (exact) mass is 479 g/mol. The number of methoxy groups -OCH3 is 1. The van der Waals surface area contributed by atoms with Gasteiger partial charge in [0.15, 0.2) is 11.6 Å². The Kier molecular flexibility index (Phi) is 6.00. The SMILES string of the molecule is COC1CCN([C@H]2C[C@@H]3[C@H](C2)[C@H]3c2cc(-c3cnc(N)c(OC(F)(F)F)c3)nn2C(C)C)CC1. The van der Waals surface area contributed by atoms with Gasteiger partial charge in [-0.05, 0) is 63.5 Å². The van der Waals surface area contributed by atoms with Crippen LogP contribution in [0.2, 0.25) is 0 Å². The molecule has 0 spiro atoms. The Balaban J connectivity index is 1.32. The Bertz CT molecular complexity index is 1020. The minimum atomic E-state index is -4.84. The van der Waals surface area contributed by atoms with Gasteiger partial charge in [-0.2, -0.15) is 5.10 Å². The van der Waals surface area contributed by atoms with E-state index in [0.717, 1.165) is 31.6 Å². The molecule has 1 aliphatic heterocycles. The Morgan fingerprint density at radius 2 is 1.79 bits per heavy atom. The van der Waals surface area contributed by atoms with Crippen molar-refractivity contribution in [3.63, 3.8) is 0 Å². The highest BCUT2D eigenvalue weighted by Crippen LogP contribution is 2.64. The molecule has 3 aliphatic rings. The van der Waals surface area contributed by atoms with Crippen LogP contribution in [-0.2, 0) is 4.74 Å². The van der Waals surface area contributed by atoms with Crippen LogP contribution < -0.4 is 10.5 Å². The maximum Gasteiger partial charge on any atom is 0.573 e. The molecule has 2 aliphatic carbocycles. The van der Waals surface area contributed by atoms with E-state index >= 15 is 0 Å². The van der Waals surface area contributed by atoms with Gasteiger partial charge in [-0.3, -0.25) is 4.68 Å². The van der Waals surface area contributed by atoms with Gasteiger partial charge in [-0.25, -0.2) is 4.98 Å². The van der Waals surface area contributed by atoms with Gasteiger partial charge in [-0.15, -0.1) is 13.2 Å². The Labute approximate surface area is 197 Å². The second kappa shape index (κ2) is 8.71. The third-order valence-corrected chi connectivity index (χ3v) is 7.74. The van der Waals surface area contributed by atoms with E-state index in [2.05, 4.69) is 28.5 Å². The van der Waals surface area contributed by atoms with E-state index in [9.17, 15) is 13.2 Å². The normalized spacial score (nSPS) is 27.9. The summed E-state index contributed by atoms with van der Waals surface area (Å²) in [5.41, 5.74) is 7.80. The number of nitrogen functional groups attached to an aromatic ring is 1. The number of ether oxygens (including phenoxy) is 2. The third kappa shape index (κ3) is 4.49. The highest BCUT2D eigenvalue weighted by Gasteiger charge is 2.58. The van der Waals surface area contributed by atoms with E-state index in [0.29, 0.717) is 41.2 Å². The minimum Gasteiger partial charge on any atom is -0.402 e. The fourth-order valence-corrected chi connectivity index (χ4v) is 6.04.